The molecule has 0 aromatic heterocycles. The highest BCUT2D eigenvalue weighted by molar-refractivity contribution is 6.01. The van der Waals surface area contributed by atoms with Gasteiger partial charge in [-0.1, -0.05) is 24.3 Å². The molecule has 136 valence electrons. The van der Waals surface area contributed by atoms with E-state index in [1.807, 2.05) is 30.3 Å². The Bertz CT molecular complexity index is 959. The van der Waals surface area contributed by atoms with Gasteiger partial charge in [0.1, 0.15) is 11.5 Å². The standard InChI is InChI=1S/C19H15N3O5/c23-18-16(7-4-8-17(18)22(25)26)21-19(24)20-13-9-11-15(12-10-13)27-14-5-2-1-3-6-14/h1-12,23H,(H2,20,21,24). The Kier molecular flexibility index (Phi) is 5.17. The molecule has 0 saturated carbocycles. The molecule has 0 spiro atoms. The molecular formula is C19H15N3O5. The summed E-state index contributed by atoms with van der Waals surface area (Å²) in [4.78, 5) is 22.1. The lowest BCUT2D eigenvalue weighted by atomic mass is 10.2. The van der Waals surface area contributed by atoms with E-state index in [1.165, 1.54) is 12.1 Å². The second-order valence-electron chi connectivity index (χ2n) is 5.45. The van der Waals surface area contributed by atoms with E-state index < -0.39 is 22.4 Å². The van der Waals surface area contributed by atoms with Crippen LogP contribution in [0, 0.1) is 10.1 Å². The summed E-state index contributed by atoms with van der Waals surface area (Å²) in [5.41, 5.74) is -0.0706. The summed E-state index contributed by atoms with van der Waals surface area (Å²) in [6.45, 7) is 0. The Morgan fingerprint density at radius 2 is 1.56 bits per heavy atom. The van der Waals surface area contributed by atoms with Gasteiger partial charge in [-0.3, -0.25) is 10.1 Å². The maximum absolute atomic E-state index is 12.1. The molecule has 8 nitrogen and oxygen atoms in total. The first kappa shape index (κ1) is 17.7. The van der Waals surface area contributed by atoms with Crippen LogP contribution in [-0.4, -0.2) is 16.1 Å². The largest absolute Gasteiger partial charge is 0.501 e. The quantitative estimate of drug-likeness (QED) is 0.343. The smallest absolute Gasteiger partial charge is 0.323 e. The minimum Gasteiger partial charge on any atom is -0.501 e. The molecule has 3 aromatic rings. The van der Waals surface area contributed by atoms with Gasteiger partial charge >= 0.3 is 11.7 Å². The van der Waals surface area contributed by atoms with Crippen molar-refractivity contribution in [2.24, 2.45) is 0 Å². The van der Waals surface area contributed by atoms with Gasteiger partial charge in [0, 0.05) is 11.8 Å². The first-order valence-electron chi connectivity index (χ1n) is 7.90. The number of nitrogens with zero attached hydrogens (tertiary/aromatic N) is 1. The van der Waals surface area contributed by atoms with Crippen LogP contribution in [0.2, 0.25) is 0 Å². The van der Waals surface area contributed by atoms with Crippen LogP contribution in [0.15, 0.2) is 72.8 Å². The fourth-order valence-electron chi connectivity index (χ4n) is 2.30. The van der Waals surface area contributed by atoms with Gasteiger partial charge in [-0.15, -0.1) is 0 Å². The van der Waals surface area contributed by atoms with Gasteiger partial charge in [-0.25, -0.2) is 4.79 Å². The van der Waals surface area contributed by atoms with Crippen molar-refractivity contribution < 1.29 is 19.6 Å². The SMILES string of the molecule is O=C(Nc1ccc(Oc2ccccc2)cc1)Nc1cccc([N+](=O)[O-])c1O. The maximum Gasteiger partial charge on any atom is 0.323 e. The highest BCUT2D eigenvalue weighted by atomic mass is 16.6. The number of ether oxygens (including phenoxy) is 1. The number of hydrogen-bond acceptors (Lipinski definition) is 5. The van der Waals surface area contributed by atoms with E-state index in [-0.39, 0.29) is 5.69 Å². The number of carbonyl (C=O) groups is 1. The second-order valence-corrected chi connectivity index (χ2v) is 5.45. The van der Waals surface area contributed by atoms with Gasteiger partial charge in [0.05, 0.1) is 10.6 Å². The number of nitrogens with one attached hydrogen (secondary N) is 2. The van der Waals surface area contributed by atoms with Crippen molar-refractivity contribution in [3.8, 4) is 17.2 Å². The van der Waals surface area contributed by atoms with E-state index in [9.17, 15) is 20.0 Å². The number of rotatable bonds is 5. The molecule has 8 heteroatoms. The highest BCUT2D eigenvalue weighted by Crippen LogP contribution is 2.33. The first-order valence-corrected chi connectivity index (χ1v) is 7.90. The summed E-state index contributed by atoms with van der Waals surface area (Å²) in [6, 6.07) is 19.1. The fraction of sp³-hybridized carbons (Fsp3) is 0. The zero-order valence-electron chi connectivity index (χ0n) is 14.0. The summed E-state index contributed by atoms with van der Waals surface area (Å²) in [7, 11) is 0. The van der Waals surface area contributed by atoms with Gasteiger partial charge < -0.3 is 20.5 Å². The van der Waals surface area contributed by atoms with Gasteiger partial charge in [-0.05, 0) is 42.5 Å². The van der Waals surface area contributed by atoms with E-state index in [0.29, 0.717) is 17.2 Å². The van der Waals surface area contributed by atoms with Gasteiger partial charge in [0.2, 0.25) is 5.75 Å². The minimum absolute atomic E-state index is 0.0641. The predicted molar refractivity (Wildman–Crippen MR) is 100 cm³/mol. The van der Waals surface area contributed by atoms with E-state index in [1.54, 1.807) is 24.3 Å². The summed E-state index contributed by atoms with van der Waals surface area (Å²) in [5, 5.41) is 25.6. The molecular weight excluding hydrogens is 350 g/mol. The summed E-state index contributed by atoms with van der Waals surface area (Å²) >= 11 is 0. The molecule has 3 rings (SSSR count). The topological polar surface area (TPSA) is 114 Å². The van der Waals surface area contributed by atoms with Crippen LogP contribution < -0.4 is 15.4 Å². The number of carbonyl (C=O) groups excluding carboxylic acids is 1. The number of benzene rings is 3. The zero-order chi connectivity index (χ0) is 19.2. The first-order chi connectivity index (χ1) is 13.0. The molecule has 2 amide bonds. The van der Waals surface area contributed by atoms with Crippen LogP contribution >= 0.6 is 0 Å². The predicted octanol–water partition coefficient (Wildman–Crippen LogP) is 4.74. The zero-order valence-corrected chi connectivity index (χ0v) is 14.0. The second kappa shape index (κ2) is 7.87. The van der Waals surface area contributed by atoms with Crippen molar-refractivity contribution in [1.82, 2.24) is 0 Å². The Morgan fingerprint density at radius 1 is 0.889 bits per heavy atom. The van der Waals surface area contributed by atoms with E-state index in [4.69, 9.17) is 4.74 Å². The third-order valence-electron chi connectivity index (χ3n) is 3.55. The molecule has 0 unspecified atom stereocenters. The highest BCUT2D eigenvalue weighted by Gasteiger charge is 2.17. The maximum atomic E-state index is 12.1. The van der Waals surface area contributed by atoms with Gasteiger partial charge in [0.15, 0.2) is 0 Å². The lowest BCUT2D eigenvalue weighted by Gasteiger charge is -2.10. The minimum atomic E-state index is -0.732. The number of hydrogen-bond donors (Lipinski definition) is 3. The molecule has 0 saturated heterocycles. The number of anilines is 2. The molecule has 0 bridgehead atoms. The molecule has 3 N–H and O–H groups in total. The Labute approximate surface area is 154 Å². The van der Waals surface area contributed by atoms with Crippen LogP contribution in [0.5, 0.6) is 17.2 Å². The molecule has 0 heterocycles. The molecule has 0 radical (unpaired) electrons. The number of aromatic hydroxyl groups is 1. The normalized spacial score (nSPS) is 10.1. The van der Waals surface area contributed by atoms with Crippen LogP contribution in [0.3, 0.4) is 0 Å². The van der Waals surface area contributed by atoms with Crippen molar-refractivity contribution in [3.05, 3.63) is 82.9 Å². The number of nitro benzene ring substituents is 1. The van der Waals surface area contributed by atoms with E-state index >= 15 is 0 Å². The monoisotopic (exact) mass is 365 g/mol. The molecule has 0 fully saturated rings. The third-order valence-corrected chi connectivity index (χ3v) is 3.55. The molecule has 0 aliphatic rings. The van der Waals surface area contributed by atoms with E-state index in [0.717, 1.165) is 6.07 Å². The Morgan fingerprint density at radius 3 is 2.22 bits per heavy atom. The third kappa shape index (κ3) is 4.51. The van der Waals surface area contributed by atoms with Crippen LogP contribution in [-0.2, 0) is 0 Å². The van der Waals surface area contributed by atoms with Gasteiger partial charge in [-0.2, -0.15) is 0 Å². The van der Waals surface area contributed by atoms with Crippen LogP contribution in [0.25, 0.3) is 0 Å². The van der Waals surface area contributed by atoms with Crippen molar-refractivity contribution in [2.45, 2.75) is 0 Å². The number of amides is 2. The number of phenolic OH excluding ortho intramolecular Hbond substituents is 1. The Balaban J connectivity index is 1.63. The lowest BCUT2D eigenvalue weighted by molar-refractivity contribution is -0.385. The summed E-state index contributed by atoms with van der Waals surface area (Å²) in [6.07, 6.45) is 0. The lowest BCUT2D eigenvalue weighted by Crippen LogP contribution is -2.19. The average molecular weight is 365 g/mol. The number of nitro groups is 1. The fourth-order valence-corrected chi connectivity index (χ4v) is 2.30. The van der Waals surface area contributed by atoms with Crippen LogP contribution in [0.4, 0.5) is 21.9 Å². The van der Waals surface area contributed by atoms with Gasteiger partial charge in [0.25, 0.3) is 0 Å². The van der Waals surface area contributed by atoms with E-state index in [2.05, 4.69) is 10.6 Å². The average Bonchev–Trinajstić information content (AvgIpc) is 2.65. The summed E-state index contributed by atoms with van der Waals surface area (Å²) in [5.74, 6) is 0.685. The molecule has 0 aliphatic heterocycles. The van der Waals surface area contributed by atoms with Crippen LogP contribution in [0.1, 0.15) is 0 Å². The van der Waals surface area contributed by atoms with Crippen molar-refractivity contribution in [2.75, 3.05) is 10.6 Å². The van der Waals surface area contributed by atoms with Crippen molar-refractivity contribution in [3.63, 3.8) is 0 Å². The number of para-hydroxylation sites is 2. The Hall–Kier alpha value is -4.07. The molecule has 3 aromatic carbocycles. The molecule has 0 atom stereocenters. The number of urea groups is 1. The molecule has 27 heavy (non-hydrogen) atoms. The number of phenols is 1. The molecule has 0 aliphatic carbocycles. The van der Waals surface area contributed by atoms with Crippen molar-refractivity contribution >= 4 is 23.1 Å². The summed E-state index contributed by atoms with van der Waals surface area (Å²) < 4.78 is 5.66. The van der Waals surface area contributed by atoms with Crippen molar-refractivity contribution in [1.29, 1.82) is 0 Å².